The molecule has 2 atom stereocenters. The van der Waals surface area contributed by atoms with Crippen molar-refractivity contribution in [3.05, 3.63) is 95.0 Å². The largest absolute Gasteiger partial charge is 0.491 e. The summed E-state index contributed by atoms with van der Waals surface area (Å²) in [7, 11) is 1.54. The summed E-state index contributed by atoms with van der Waals surface area (Å²) in [5.41, 5.74) is 8.12. The Hall–Kier alpha value is -3.86. The molecular weight excluding hydrogens is 566 g/mol. The van der Waals surface area contributed by atoms with Crippen LogP contribution in [-0.4, -0.2) is 43.5 Å². The number of amides is 2. The second-order valence-electron chi connectivity index (χ2n) is 8.43. The van der Waals surface area contributed by atoms with E-state index in [2.05, 4.69) is 26.6 Å². The van der Waals surface area contributed by atoms with Crippen molar-refractivity contribution in [2.45, 2.75) is 25.0 Å². The fraction of sp³-hybridized carbons (Fsp3) is 0.241. The number of para-hydroxylation sites is 2. The lowest BCUT2D eigenvalue weighted by Gasteiger charge is -2.26. The van der Waals surface area contributed by atoms with Crippen LogP contribution in [0, 0.1) is 0 Å². The summed E-state index contributed by atoms with van der Waals surface area (Å²) >= 11 is 3.37. The molecule has 0 heterocycles. The summed E-state index contributed by atoms with van der Waals surface area (Å²) < 4.78 is 18.0. The number of nitrogens with one attached hydrogen (secondary N) is 2. The number of carbonyl (C=O) groups excluding carboxylic acids is 2. The van der Waals surface area contributed by atoms with Crippen molar-refractivity contribution < 1.29 is 28.9 Å². The molecule has 0 aliphatic carbocycles. The number of hydrogen-bond acceptors (Lipinski definition) is 7. The molecule has 5 N–H and O–H groups in total. The van der Waals surface area contributed by atoms with Crippen LogP contribution in [-0.2, 0) is 14.3 Å². The zero-order chi connectivity index (χ0) is 28.0. The number of ether oxygens (including phenoxy) is 3. The van der Waals surface area contributed by atoms with E-state index in [4.69, 9.17) is 25.1 Å². The van der Waals surface area contributed by atoms with Gasteiger partial charge in [0.2, 0.25) is 5.91 Å². The number of anilines is 3. The zero-order valence-corrected chi connectivity index (χ0v) is 23.1. The van der Waals surface area contributed by atoms with Crippen molar-refractivity contribution in [2.75, 3.05) is 36.7 Å². The minimum atomic E-state index is -0.783. The molecule has 0 aliphatic heterocycles. The summed E-state index contributed by atoms with van der Waals surface area (Å²) in [5.74, 6) is 0.215. The molecule has 0 aliphatic rings. The van der Waals surface area contributed by atoms with Gasteiger partial charge in [-0.15, -0.1) is 0 Å². The van der Waals surface area contributed by atoms with Crippen LogP contribution < -0.4 is 21.1 Å². The Balaban J connectivity index is 1.70. The van der Waals surface area contributed by atoms with Crippen LogP contribution >= 0.6 is 15.9 Å². The molecule has 0 bridgehead atoms. The number of benzene rings is 3. The molecule has 0 unspecified atom stereocenters. The monoisotopic (exact) mass is 597 g/mol. The first-order chi connectivity index (χ1) is 18.9. The first kappa shape index (κ1) is 29.7. The average molecular weight is 598 g/mol. The molecule has 39 heavy (non-hydrogen) atoms. The van der Waals surface area contributed by atoms with Gasteiger partial charge in [-0.2, -0.15) is 0 Å². The third-order valence-corrected chi connectivity index (χ3v) is 6.15. The van der Waals surface area contributed by atoms with Gasteiger partial charge in [0.15, 0.2) is 6.10 Å². The van der Waals surface area contributed by atoms with Crippen LogP contribution in [0.4, 0.5) is 21.9 Å². The van der Waals surface area contributed by atoms with Crippen LogP contribution in [0.2, 0.25) is 0 Å². The molecule has 3 rings (SSSR count). The Kier molecular flexibility index (Phi) is 11.8. The summed E-state index contributed by atoms with van der Waals surface area (Å²) in [6.07, 6.45) is 2.11. The number of halogens is 1. The zero-order valence-electron chi connectivity index (χ0n) is 21.5. The van der Waals surface area contributed by atoms with Gasteiger partial charge >= 0.3 is 6.09 Å². The van der Waals surface area contributed by atoms with E-state index in [1.165, 1.54) is 13.2 Å². The maximum Gasteiger partial charge on any atom is 0.412 e. The van der Waals surface area contributed by atoms with Gasteiger partial charge in [-0.1, -0.05) is 46.3 Å². The lowest BCUT2D eigenvalue weighted by atomic mass is 10.00. The van der Waals surface area contributed by atoms with Gasteiger partial charge in [-0.3, -0.25) is 10.1 Å². The summed E-state index contributed by atoms with van der Waals surface area (Å²) in [6, 6.07) is 21.2. The molecule has 2 amide bonds. The average Bonchev–Trinajstić information content (AvgIpc) is 2.93. The Morgan fingerprint density at radius 1 is 1.05 bits per heavy atom. The van der Waals surface area contributed by atoms with Gasteiger partial charge in [0.25, 0.3) is 0 Å². The number of rotatable bonds is 13. The number of aliphatic hydroxyl groups is 1. The predicted octanol–water partition coefficient (Wildman–Crippen LogP) is 5.68. The van der Waals surface area contributed by atoms with Crippen LogP contribution in [0.15, 0.2) is 89.4 Å². The fourth-order valence-corrected chi connectivity index (χ4v) is 3.99. The minimum Gasteiger partial charge on any atom is -0.491 e. The normalized spacial score (nSPS) is 12.5. The Labute approximate surface area is 236 Å². The summed E-state index contributed by atoms with van der Waals surface area (Å²) in [5, 5.41) is 14.6. The molecule has 0 fully saturated rings. The van der Waals surface area contributed by atoms with Gasteiger partial charge < -0.3 is 30.4 Å². The van der Waals surface area contributed by atoms with Gasteiger partial charge in [0.05, 0.1) is 24.1 Å². The maximum atomic E-state index is 12.8. The highest BCUT2D eigenvalue weighted by molar-refractivity contribution is 9.10. The van der Waals surface area contributed by atoms with Gasteiger partial charge in [0, 0.05) is 17.3 Å². The van der Waals surface area contributed by atoms with E-state index in [0.29, 0.717) is 41.2 Å². The van der Waals surface area contributed by atoms with E-state index < -0.39 is 18.3 Å². The fourth-order valence-electron chi connectivity index (χ4n) is 3.73. The first-order valence-electron chi connectivity index (χ1n) is 12.3. The number of methoxy groups -OCH3 is 1. The van der Waals surface area contributed by atoms with Crippen molar-refractivity contribution in [2.24, 2.45) is 0 Å². The number of carbonyl (C=O) groups is 2. The smallest absolute Gasteiger partial charge is 0.412 e. The lowest BCUT2D eigenvalue weighted by molar-refractivity contribution is -0.111. The Morgan fingerprint density at radius 2 is 1.82 bits per heavy atom. The van der Waals surface area contributed by atoms with Crippen molar-refractivity contribution in [3.63, 3.8) is 0 Å². The van der Waals surface area contributed by atoms with E-state index >= 15 is 0 Å². The molecule has 10 heteroatoms. The number of nitrogen functional groups attached to an aromatic ring is 1. The Morgan fingerprint density at radius 3 is 2.54 bits per heavy atom. The first-order valence-corrected chi connectivity index (χ1v) is 13.1. The van der Waals surface area contributed by atoms with Crippen molar-refractivity contribution in [3.8, 4) is 5.75 Å². The van der Waals surface area contributed by atoms with Gasteiger partial charge in [0.1, 0.15) is 12.4 Å². The maximum absolute atomic E-state index is 12.8. The second-order valence-corrected chi connectivity index (χ2v) is 9.35. The number of nitrogens with two attached hydrogens (primary N) is 1. The van der Waals surface area contributed by atoms with E-state index in [-0.39, 0.29) is 19.1 Å². The molecule has 9 nitrogen and oxygen atoms in total. The molecule has 0 aromatic heterocycles. The highest BCUT2D eigenvalue weighted by Crippen LogP contribution is 2.30. The van der Waals surface area contributed by atoms with Crippen molar-refractivity contribution in [1.29, 1.82) is 0 Å². The van der Waals surface area contributed by atoms with Crippen LogP contribution in [0.1, 0.15) is 24.5 Å². The van der Waals surface area contributed by atoms with Crippen LogP contribution in [0.5, 0.6) is 5.75 Å². The van der Waals surface area contributed by atoms with E-state index in [9.17, 15) is 9.59 Å². The molecule has 0 radical (unpaired) electrons. The summed E-state index contributed by atoms with van der Waals surface area (Å²) in [4.78, 5) is 25.1. The quantitative estimate of drug-likeness (QED) is 0.147. The molecule has 0 saturated heterocycles. The van der Waals surface area contributed by atoms with Crippen molar-refractivity contribution in [1.82, 2.24) is 0 Å². The van der Waals surface area contributed by atoms with E-state index in [1.807, 2.05) is 18.2 Å². The van der Waals surface area contributed by atoms with Gasteiger partial charge in [-0.25, -0.2) is 4.79 Å². The highest BCUT2D eigenvalue weighted by Gasteiger charge is 2.27. The standard InChI is InChI=1S/C29H32BrN3O6/c1-37-26(11-4-5-12-27(35)33-25-10-3-2-9-24(25)31)28(20-7-6-8-23(19-20)38-18-17-34)39-29(36)32-22-15-13-21(30)14-16-22/h2-3,5-10,12-16,19,26,28,34H,4,11,17-18,31H2,1H3,(H,32,36)(H,33,35)/b12-5+/t26-,28-/m0/s1. The van der Waals surface area contributed by atoms with Crippen molar-refractivity contribution >= 4 is 45.0 Å². The number of aliphatic hydroxyl groups excluding tert-OH is 1. The Bertz CT molecular complexity index is 1250. The number of hydrogen-bond donors (Lipinski definition) is 4. The topological polar surface area (TPSA) is 132 Å². The molecule has 206 valence electrons. The molecule has 0 saturated carbocycles. The third kappa shape index (κ3) is 9.75. The lowest BCUT2D eigenvalue weighted by Crippen LogP contribution is -2.28. The van der Waals surface area contributed by atoms with E-state index in [0.717, 1.165) is 4.47 Å². The molecular formula is C29H32BrN3O6. The van der Waals surface area contributed by atoms with E-state index in [1.54, 1.807) is 60.7 Å². The molecule has 3 aromatic carbocycles. The van der Waals surface area contributed by atoms with Crippen LogP contribution in [0.3, 0.4) is 0 Å². The molecule has 0 spiro atoms. The SMILES string of the molecule is CO[C@@H](CC/C=C/C(=O)Nc1ccccc1N)[C@@H](OC(=O)Nc1ccc(Br)cc1)c1cccc(OCCO)c1. The highest BCUT2D eigenvalue weighted by atomic mass is 79.9. The van der Waals surface area contributed by atoms with Crippen LogP contribution in [0.25, 0.3) is 0 Å². The summed E-state index contributed by atoms with van der Waals surface area (Å²) in [6.45, 7) is 0.00541. The molecule has 3 aromatic rings. The third-order valence-electron chi connectivity index (χ3n) is 5.62. The predicted molar refractivity (Wildman–Crippen MR) is 155 cm³/mol. The minimum absolute atomic E-state index is 0.128. The van der Waals surface area contributed by atoms with Gasteiger partial charge in [-0.05, 0) is 73.0 Å². The second kappa shape index (κ2) is 15.5. The number of allylic oxidation sites excluding steroid dienone is 1.